The first-order valence-electron chi connectivity index (χ1n) is 6.70. The molecule has 0 saturated heterocycles. The summed E-state index contributed by atoms with van der Waals surface area (Å²) in [5.74, 6) is 1.58. The molecule has 0 aliphatic carbocycles. The number of nitrogens with one attached hydrogen (secondary N) is 1. The van der Waals surface area contributed by atoms with Gasteiger partial charge < -0.3 is 10.1 Å². The zero-order valence-electron chi connectivity index (χ0n) is 12.1. The zero-order valence-corrected chi connectivity index (χ0v) is 12.1. The van der Waals surface area contributed by atoms with Crippen molar-refractivity contribution in [3.05, 3.63) is 42.0 Å². The maximum Gasteiger partial charge on any atom is 0.165 e. The third-order valence-corrected chi connectivity index (χ3v) is 2.80. The highest BCUT2D eigenvalue weighted by Crippen LogP contribution is 2.25. The third kappa shape index (κ3) is 4.06. The van der Waals surface area contributed by atoms with Crippen LogP contribution in [0, 0.1) is 11.7 Å². The number of aromatic nitrogens is 2. The molecule has 108 valence electrons. The van der Waals surface area contributed by atoms with Crippen LogP contribution in [-0.2, 0) is 13.6 Å². The van der Waals surface area contributed by atoms with E-state index in [1.54, 1.807) is 23.1 Å². The molecule has 2 aromatic rings. The molecule has 0 aliphatic rings. The molecule has 4 nitrogen and oxygen atoms in total. The molecule has 2 rings (SSSR count). The van der Waals surface area contributed by atoms with Crippen molar-refractivity contribution in [1.82, 2.24) is 15.1 Å². The molecular formula is C15H20FN3O. The molecule has 0 aliphatic heterocycles. The Bertz CT molecular complexity index is 566. The lowest BCUT2D eigenvalue weighted by molar-refractivity contribution is 0.465. The van der Waals surface area contributed by atoms with Gasteiger partial charge >= 0.3 is 0 Å². The average Bonchev–Trinajstić information content (AvgIpc) is 2.78. The lowest BCUT2D eigenvalue weighted by Crippen LogP contribution is -2.19. The van der Waals surface area contributed by atoms with Gasteiger partial charge in [-0.1, -0.05) is 13.8 Å². The molecule has 0 radical (unpaired) electrons. The van der Waals surface area contributed by atoms with E-state index in [2.05, 4.69) is 24.3 Å². The number of halogens is 1. The lowest BCUT2D eigenvalue weighted by Gasteiger charge is -2.12. The highest BCUT2D eigenvalue weighted by molar-refractivity contribution is 5.37. The first-order chi connectivity index (χ1) is 9.54. The van der Waals surface area contributed by atoms with E-state index in [0.717, 1.165) is 12.1 Å². The number of benzene rings is 1. The standard InChI is InChI=1S/C15H20FN3O/c1-11(2)7-17-8-12-6-13(16)4-5-15(12)20-14-9-18-19(3)10-14/h4-6,9-11,17H,7-8H2,1-3H3. The summed E-state index contributed by atoms with van der Waals surface area (Å²) in [6.45, 7) is 5.71. The third-order valence-electron chi connectivity index (χ3n) is 2.80. The van der Waals surface area contributed by atoms with Gasteiger partial charge in [0.2, 0.25) is 0 Å². The average molecular weight is 277 g/mol. The van der Waals surface area contributed by atoms with Crippen molar-refractivity contribution in [2.45, 2.75) is 20.4 Å². The summed E-state index contributed by atoms with van der Waals surface area (Å²) in [7, 11) is 1.82. The molecule has 0 bridgehead atoms. The van der Waals surface area contributed by atoms with E-state index in [9.17, 15) is 4.39 Å². The van der Waals surface area contributed by atoms with Crippen molar-refractivity contribution in [2.75, 3.05) is 6.54 Å². The molecular weight excluding hydrogens is 257 g/mol. The quantitative estimate of drug-likeness (QED) is 0.882. The van der Waals surface area contributed by atoms with Crippen molar-refractivity contribution in [2.24, 2.45) is 13.0 Å². The summed E-state index contributed by atoms with van der Waals surface area (Å²) in [6, 6.07) is 4.55. The van der Waals surface area contributed by atoms with Crippen LogP contribution in [0.5, 0.6) is 11.5 Å². The predicted octanol–water partition coefficient (Wildman–Crippen LogP) is 3.10. The van der Waals surface area contributed by atoms with E-state index in [1.807, 2.05) is 7.05 Å². The predicted molar refractivity (Wildman–Crippen MR) is 76.2 cm³/mol. The van der Waals surface area contributed by atoms with E-state index in [0.29, 0.717) is 24.0 Å². The Kier molecular flexibility index (Phi) is 4.74. The van der Waals surface area contributed by atoms with Crippen molar-refractivity contribution < 1.29 is 9.13 Å². The van der Waals surface area contributed by atoms with Gasteiger partial charge in [0.05, 0.1) is 12.4 Å². The molecule has 1 aromatic carbocycles. The van der Waals surface area contributed by atoms with Crippen LogP contribution in [0.4, 0.5) is 4.39 Å². The van der Waals surface area contributed by atoms with Gasteiger partial charge in [-0.15, -0.1) is 0 Å². The molecule has 0 unspecified atom stereocenters. The molecule has 1 aromatic heterocycles. The van der Waals surface area contributed by atoms with Gasteiger partial charge in [0, 0.05) is 19.2 Å². The van der Waals surface area contributed by atoms with Crippen molar-refractivity contribution >= 4 is 0 Å². The number of nitrogens with zero attached hydrogens (tertiary/aromatic N) is 2. The van der Waals surface area contributed by atoms with Crippen LogP contribution < -0.4 is 10.1 Å². The van der Waals surface area contributed by atoms with Gasteiger partial charge in [0.1, 0.15) is 11.6 Å². The Hall–Kier alpha value is -1.88. The molecule has 1 N–H and O–H groups in total. The fourth-order valence-electron chi connectivity index (χ4n) is 1.86. The molecule has 5 heteroatoms. The van der Waals surface area contributed by atoms with Crippen LogP contribution in [0.25, 0.3) is 0 Å². The summed E-state index contributed by atoms with van der Waals surface area (Å²) in [6.07, 6.45) is 3.41. The van der Waals surface area contributed by atoms with Crippen LogP contribution in [0.2, 0.25) is 0 Å². The number of rotatable bonds is 6. The maximum absolute atomic E-state index is 13.4. The zero-order chi connectivity index (χ0) is 14.5. The van der Waals surface area contributed by atoms with Crippen molar-refractivity contribution in [1.29, 1.82) is 0 Å². The normalized spacial score (nSPS) is 11.1. The summed E-state index contributed by atoms with van der Waals surface area (Å²) in [5, 5.41) is 7.34. The first-order valence-corrected chi connectivity index (χ1v) is 6.70. The second kappa shape index (κ2) is 6.52. The summed E-state index contributed by atoms with van der Waals surface area (Å²) in [5.41, 5.74) is 0.800. The van der Waals surface area contributed by atoms with Gasteiger partial charge in [-0.05, 0) is 30.7 Å². The van der Waals surface area contributed by atoms with E-state index in [1.165, 1.54) is 12.1 Å². The molecule has 0 amide bonds. The van der Waals surface area contributed by atoms with Gasteiger partial charge in [0.15, 0.2) is 5.75 Å². The summed E-state index contributed by atoms with van der Waals surface area (Å²) < 4.78 is 20.8. The summed E-state index contributed by atoms with van der Waals surface area (Å²) >= 11 is 0. The summed E-state index contributed by atoms with van der Waals surface area (Å²) in [4.78, 5) is 0. The van der Waals surface area contributed by atoms with Gasteiger partial charge in [0.25, 0.3) is 0 Å². The van der Waals surface area contributed by atoms with Gasteiger partial charge in [-0.2, -0.15) is 5.10 Å². The maximum atomic E-state index is 13.4. The Labute approximate surface area is 118 Å². The van der Waals surface area contributed by atoms with E-state index < -0.39 is 0 Å². The van der Waals surface area contributed by atoms with Crippen LogP contribution in [0.1, 0.15) is 19.4 Å². The minimum Gasteiger partial charge on any atom is -0.454 e. The lowest BCUT2D eigenvalue weighted by atomic mass is 10.1. The molecule has 0 spiro atoms. The minimum atomic E-state index is -0.259. The Morgan fingerprint density at radius 2 is 2.20 bits per heavy atom. The van der Waals surface area contributed by atoms with Gasteiger partial charge in [-0.3, -0.25) is 4.68 Å². The van der Waals surface area contributed by atoms with Gasteiger partial charge in [-0.25, -0.2) is 4.39 Å². The van der Waals surface area contributed by atoms with E-state index in [-0.39, 0.29) is 5.82 Å². The van der Waals surface area contributed by atoms with Crippen LogP contribution in [0.15, 0.2) is 30.6 Å². The first kappa shape index (κ1) is 14.5. The molecule has 0 saturated carbocycles. The number of ether oxygens (including phenoxy) is 1. The van der Waals surface area contributed by atoms with Crippen LogP contribution >= 0.6 is 0 Å². The number of aryl methyl sites for hydroxylation is 1. The number of hydrogen-bond acceptors (Lipinski definition) is 3. The topological polar surface area (TPSA) is 39.1 Å². The van der Waals surface area contributed by atoms with Crippen molar-refractivity contribution in [3.63, 3.8) is 0 Å². The molecule has 0 fully saturated rings. The smallest absolute Gasteiger partial charge is 0.165 e. The highest BCUT2D eigenvalue weighted by atomic mass is 19.1. The molecule has 20 heavy (non-hydrogen) atoms. The second-order valence-corrected chi connectivity index (χ2v) is 5.23. The van der Waals surface area contributed by atoms with Crippen molar-refractivity contribution in [3.8, 4) is 11.5 Å². The fourth-order valence-corrected chi connectivity index (χ4v) is 1.86. The Morgan fingerprint density at radius 1 is 1.40 bits per heavy atom. The minimum absolute atomic E-state index is 0.259. The number of hydrogen-bond donors (Lipinski definition) is 1. The van der Waals surface area contributed by atoms with E-state index >= 15 is 0 Å². The Morgan fingerprint density at radius 3 is 2.85 bits per heavy atom. The fraction of sp³-hybridized carbons (Fsp3) is 0.400. The SMILES string of the molecule is CC(C)CNCc1cc(F)ccc1Oc1cnn(C)c1. The van der Waals surface area contributed by atoms with E-state index in [4.69, 9.17) is 4.74 Å². The Balaban J connectivity index is 2.10. The monoisotopic (exact) mass is 277 g/mol. The highest BCUT2D eigenvalue weighted by Gasteiger charge is 2.08. The second-order valence-electron chi connectivity index (χ2n) is 5.23. The van der Waals surface area contributed by atoms with Crippen LogP contribution in [0.3, 0.4) is 0 Å². The molecule has 0 atom stereocenters. The largest absolute Gasteiger partial charge is 0.454 e. The van der Waals surface area contributed by atoms with Crippen LogP contribution in [-0.4, -0.2) is 16.3 Å². The molecule has 1 heterocycles.